The average Bonchev–Trinajstić information content (AvgIpc) is 3.09. The molecular weight excluding hydrogens is 426 g/mol. The van der Waals surface area contributed by atoms with Crippen molar-refractivity contribution >= 4 is 44.9 Å². The van der Waals surface area contributed by atoms with Crippen molar-refractivity contribution in [1.82, 2.24) is 9.97 Å². The maximum atomic E-state index is 12.3. The third kappa shape index (κ3) is 5.38. The van der Waals surface area contributed by atoms with E-state index in [1.807, 2.05) is 45.9 Å². The number of anilines is 1. The number of halogens is 1. The maximum absolute atomic E-state index is 12.3. The summed E-state index contributed by atoms with van der Waals surface area (Å²) in [6.45, 7) is 8.14. The first-order valence-electron chi connectivity index (χ1n) is 9.42. The van der Waals surface area contributed by atoms with Gasteiger partial charge in [-0.2, -0.15) is 0 Å². The highest BCUT2D eigenvalue weighted by atomic mass is 35.5. The molecule has 0 spiro atoms. The molecule has 3 rings (SSSR count). The number of nitrogens with zero attached hydrogens (tertiary/aromatic N) is 3. The predicted molar refractivity (Wildman–Crippen MR) is 120 cm³/mol. The lowest BCUT2D eigenvalue weighted by Gasteiger charge is -2.25. The van der Waals surface area contributed by atoms with E-state index in [9.17, 15) is 4.79 Å². The van der Waals surface area contributed by atoms with E-state index in [0.29, 0.717) is 23.7 Å². The number of benzene rings is 1. The molecule has 30 heavy (non-hydrogen) atoms. The van der Waals surface area contributed by atoms with E-state index < -0.39 is 11.7 Å². The van der Waals surface area contributed by atoms with Crippen molar-refractivity contribution in [3.05, 3.63) is 35.5 Å². The van der Waals surface area contributed by atoms with Crippen LogP contribution in [0.5, 0.6) is 5.75 Å². The van der Waals surface area contributed by atoms with Crippen molar-refractivity contribution in [2.75, 3.05) is 25.3 Å². The predicted octanol–water partition coefficient (Wildman–Crippen LogP) is 5.76. The van der Waals surface area contributed by atoms with Crippen LogP contribution in [0.1, 0.15) is 27.7 Å². The van der Waals surface area contributed by atoms with Crippen molar-refractivity contribution in [3.63, 3.8) is 0 Å². The second-order valence-electron chi connectivity index (χ2n) is 7.45. The van der Waals surface area contributed by atoms with E-state index in [1.165, 1.54) is 16.2 Å². The molecule has 0 radical (unpaired) electrons. The van der Waals surface area contributed by atoms with Gasteiger partial charge >= 0.3 is 6.09 Å². The summed E-state index contributed by atoms with van der Waals surface area (Å²) < 4.78 is 17.1. The number of hydrogen-bond acceptors (Lipinski definition) is 7. The van der Waals surface area contributed by atoms with Crippen molar-refractivity contribution in [2.45, 2.75) is 33.3 Å². The molecule has 0 fully saturated rings. The molecule has 0 bridgehead atoms. The summed E-state index contributed by atoms with van der Waals surface area (Å²) in [5, 5.41) is 0.918. The fourth-order valence-corrected chi connectivity index (χ4v) is 3.77. The van der Waals surface area contributed by atoms with E-state index in [4.69, 9.17) is 25.8 Å². The van der Waals surface area contributed by atoms with E-state index in [2.05, 4.69) is 9.97 Å². The van der Waals surface area contributed by atoms with Gasteiger partial charge in [-0.15, -0.1) is 11.3 Å². The zero-order chi connectivity index (χ0) is 21.9. The van der Waals surface area contributed by atoms with Crippen LogP contribution < -0.4 is 9.64 Å². The number of ether oxygens (including phenoxy) is 3. The maximum Gasteiger partial charge on any atom is 0.414 e. The minimum absolute atomic E-state index is 0.195. The summed E-state index contributed by atoms with van der Waals surface area (Å²) >= 11 is 7.85. The second kappa shape index (κ2) is 9.16. The SMILES string of the molecule is CCOCOc1ccc2nc(-c3ccc(N(C)C(=O)OC(C)(C)C)c(Cl)n3)sc2c1. The molecule has 0 atom stereocenters. The Bertz CT molecular complexity index is 1050. The minimum Gasteiger partial charge on any atom is -0.468 e. The Morgan fingerprint density at radius 2 is 1.97 bits per heavy atom. The molecule has 9 heteroatoms. The molecule has 160 valence electrons. The molecule has 1 aromatic carbocycles. The number of amides is 1. The normalized spacial score (nSPS) is 11.5. The van der Waals surface area contributed by atoms with Gasteiger partial charge in [0.25, 0.3) is 0 Å². The van der Waals surface area contributed by atoms with Crippen LogP contribution in [0.4, 0.5) is 10.5 Å². The standard InChI is InChI=1S/C21H24ClN3O4S/c1-6-27-12-28-13-7-8-14-17(11-13)30-19(24-14)15-9-10-16(18(22)23-15)25(5)20(26)29-21(2,3)4/h7-11H,6,12H2,1-5H3. The van der Waals surface area contributed by atoms with Gasteiger partial charge in [0.2, 0.25) is 0 Å². The van der Waals surface area contributed by atoms with E-state index in [0.717, 1.165) is 15.2 Å². The highest BCUT2D eigenvalue weighted by molar-refractivity contribution is 7.21. The molecule has 0 unspecified atom stereocenters. The van der Waals surface area contributed by atoms with Crippen LogP contribution in [-0.4, -0.2) is 42.1 Å². The summed E-state index contributed by atoms with van der Waals surface area (Å²) in [5.74, 6) is 0.714. The van der Waals surface area contributed by atoms with Crippen LogP contribution in [-0.2, 0) is 9.47 Å². The van der Waals surface area contributed by atoms with E-state index >= 15 is 0 Å². The lowest BCUT2D eigenvalue weighted by molar-refractivity contribution is 0.0225. The Balaban J connectivity index is 1.81. The van der Waals surface area contributed by atoms with Crippen LogP contribution in [0.25, 0.3) is 20.9 Å². The molecule has 0 N–H and O–H groups in total. The van der Waals surface area contributed by atoms with Crippen molar-refractivity contribution in [1.29, 1.82) is 0 Å². The van der Waals surface area contributed by atoms with Crippen LogP contribution >= 0.6 is 22.9 Å². The lowest BCUT2D eigenvalue weighted by Crippen LogP contribution is -2.34. The first kappa shape index (κ1) is 22.3. The zero-order valence-electron chi connectivity index (χ0n) is 17.6. The van der Waals surface area contributed by atoms with Gasteiger partial charge in [-0.25, -0.2) is 14.8 Å². The van der Waals surface area contributed by atoms with Gasteiger partial charge in [0, 0.05) is 13.7 Å². The van der Waals surface area contributed by atoms with Crippen molar-refractivity contribution in [3.8, 4) is 16.5 Å². The van der Waals surface area contributed by atoms with Crippen molar-refractivity contribution < 1.29 is 19.0 Å². The number of fused-ring (bicyclic) bond motifs is 1. The average molecular weight is 450 g/mol. The van der Waals surface area contributed by atoms with Gasteiger partial charge in [-0.3, -0.25) is 4.90 Å². The number of pyridine rings is 1. The Morgan fingerprint density at radius 1 is 1.20 bits per heavy atom. The molecule has 0 aliphatic rings. The molecular formula is C21H24ClN3O4S. The Kier molecular flexibility index (Phi) is 6.80. The highest BCUT2D eigenvalue weighted by Crippen LogP contribution is 2.34. The van der Waals surface area contributed by atoms with Crippen LogP contribution in [0.15, 0.2) is 30.3 Å². The second-order valence-corrected chi connectivity index (χ2v) is 8.84. The number of hydrogen-bond donors (Lipinski definition) is 0. The van der Waals surface area contributed by atoms with Gasteiger partial charge < -0.3 is 14.2 Å². The van der Waals surface area contributed by atoms with Gasteiger partial charge in [0.15, 0.2) is 11.9 Å². The fraction of sp³-hybridized carbons (Fsp3) is 0.381. The lowest BCUT2D eigenvalue weighted by atomic mass is 10.2. The molecule has 0 saturated heterocycles. The summed E-state index contributed by atoms with van der Waals surface area (Å²) in [4.78, 5) is 22.7. The largest absolute Gasteiger partial charge is 0.468 e. The van der Waals surface area contributed by atoms with Crippen LogP contribution in [0.2, 0.25) is 5.15 Å². The van der Waals surface area contributed by atoms with Gasteiger partial charge in [-0.1, -0.05) is 11.6 Å². The third-order valence-electron chi connectivity index (χ3n) is 3.95. The first-order valence-corrected chi connectivity index (χ1v) is 10.6. The summed E-state index contributed by atoms with van der Waals surface area (Å²) in [6, 6.07) is 9.18. The summed E-state index contributed by atoms with van der Waals surface area (Å²) in [5.41, 5.74) is 1.32. The molecule has 2 heterocycles. The molecule has 2 aromatic heterocycles. The van der Waals surface area contributed by atoms with E-state index in [1.54, 1.807) is 19.2 Å². The first-order chi connectivity index (χ1) is 14.2. The highest BCUT2D eigenvalue weighted by Gasteiger charge is 2.23. The van der Waals surface area contributed by atoms with Crippen LogP contribution in [0.3, 0.4) is 0 Å². The van der Waals surface area contributed by atoms with Gasteiger partial charge in [-0.05, 0) is 58.0 Å². The van der Waals surface area contributed by atoms with E-state index in [-0.39, 0.29) is 11.9 Å². The monoisotopic (exact) mass is 449 g/mol. The fourth-order valence-electron chi connectivity index (χ4n) is 2.52. The molecule has 3 aromatic rings. The van der Waals surface area contributed by atoms with Crippen LogP contribution in [0, 0.1) is 0 Å². The van der Waals surface area contributed by atoms with Gasteiger partial charge in [0.1, 0.15) is 22.1 Å². The minimum atomic E-state index is -0.600. The summed E-state index contributed by atoms with van der Waals surface area (Å²) in [7, 11) is 1.60. The quantitative estimate of drug-likeness (QED) is 0.271. The topological polar surface area (TPSA) is 73.8 Å². The number of carbonyl (C=O) groups excluding carboxylic acids is 1. The molecule has 7 nitrogen and oxygen atoms in total. The Morgan fingerprint density at radius 3 is 2.63 bits per heavy atom. The van der Waals surface area contributed by atoms with Gasteiger partial charge in [0.05, 0.1) is 15.9 Å². The number of thiazole rings is 1. The Hall–Kier alpha value is -2.42. The molecule has 0 aliphatic carbocycles. The van der Waals surface area contributed by atoms with Crippen molar-refractivity contribution in [2.24, 2.45) is 0 Å². The smallest absolute Gasteiger partial charge is 0.414 e. The molecule has 0 saturated carbocycles. The number of carbonyl (C=O) groups is 1. The summed E-state index contributed by atoms with van der Waals surface area (Å²) in [6.07, 6.45) is -0.501. The zero-order valence-corrected chi connectivity index (χ0v) is 19.1. The number of aromatic nitrogens is 2. The number of rotatable bonds is 6. The Labute approximate surface area is 184 Å². The third-order valence-corrected chi connectivity index (χ3v) is 5.27. The molecule has 0 aliphatic heterocycles. The molecule has 1 amide bonds.